The standard InChI is InChI=1S/C15H24N2O2/c1-11(2)13-10-12(7-8-14(13)19-4)17(3)15(18)6-5-9-16/h7-8,10-11H,5-6,9,16H2,1-4H3. The molecule has 0 unspecified atom stereocenters. The van der Waals surface area contributed by atoms with Gasteiger partial charge in [-0.05, 0) is 42.6 Å². The van der Waals surface area contributed by atoms with Crippen molar-refractivity contribution in [3.63, 3.8) is 0 Å². The normalized spacial score (nSPS) is 10.6. The van der Waals surface area contributed by atoms with Gasteiger partial charge in [-0.15, -0.1) is 0 Å². The van der Waals surface area contributed by atoms with Gasteiger partial charge >= 0.3 is 0 Å². The molecular formula is C15H24N2O2. The van der Waals surface area contributed by atoms with E-state index in [9.17, 15) is 4.79 Å². The van der Waals surface area contributed by atoms with E-state index in [4.69, 9.17) is 10.5 Å². The molecule has 2 N–H and O–H groups in total. The zero-order chi connectivity index (χ0) is 14.4. The van der Waals surface area contributed by atoms with E-state index < -0.39 is 0 Å². The van der Waals surface area contributed by atoms with Crippen molar-refractivity contribution in [2.45, 2.75) is 32.6 Å². The summed E-state index contributed by atoms with van der Waals surface area (Å²) in [5, 5.41) is 0. The molecule has 1 aromatic rings. The second kappa shape index (κ2) is 7.14. The summed E-state index contributed by atoms with van der Waals surface area (Å²) in [6.45, 7) is 4.76. The number of ether oxygens (including phenoxy) is 1. The molecule has 0 aliphatic carbocycles. The maximum atomic E-state index is 12.0. The summed E-state index contributed by atoms with van der Waals surface area (Å²) in [5.74, 6) is 1.30. The fraction of sp³-hybridized carbons (Fsp3) is 0.533. The molecule has 0 fully saturated rings. The molecular weight excluding hydrogens is 240 g/mol. The molecule has 4 nitrogen and oxygen atoms in total. The Morgan fingerprint density at radius 2 is 2.11 bits per heavy atom. The van der Waals surface area contributed by atoms with Crippen molar-refractivity contribution in [2.24, 2.45) is 5.73 Å². The van der Waals surface area contributed by atoms with Crippen LogP contribution in [0.1, 0.15) is 38.2 Å². The number of methoxy groups -OCH3 is 1. The van der Waals surface area contributed by atoms with Crippen LogP contribution in [0.5, 0.6) is 5.75 Å². The minimum absolute atomic E-state index is 0.0883. The molecule has 0 heterocycles. The Morgan fingerprint density at radius 3 is 2.63 bits per heavy atom. The lowest BCUT2D eigenvalue weighted by Gasteiger charge is -2.20. The first-order chi connectivity index (χ1) is 9.01. The Labute approximate surface area is 115 Å². The molecule has 0 radical (unpaired) electrons. The van der Waals surface area contributed by atoms with Crippen molar-refractivity contribution in [3.05, 3.63) is 23.8 Å². The molecule has 0 aromatic heterocycles. The summed E-state index contributed by atoms with van der Waals surface area (Å²) in [6, 6.07) is 5.84. The van der Waals surface area contributed by atoms with E-state index in [1.54, 1.807) is 19.1 Å². The second-order valence-corrected chi connectivity index (χ2v) is 4.93. The third-order valence-electron chi connectivity index (χ3n) is 3.19. The number of benzene rings is 1. The summed E-state index contributed by atoms with van der Waals surface area (Å²) in [5.41, 5.74) is 7.43. The Balaban J connectivity index is 2.95. The van der Waals surface area contributed by atoms with Crippen LogP contribution in [0.25, 0.3) is 0 Å². The van der Waals surface area contributed by atoms with E-state index in [1.165, 1.54) is 0 Å². The van der Waals surface area contributed by atoms with Crippen LogP contribution < -0.4 is 15.4 Å². The average molecular weight is 264 g/mol. The highest BCUT2D eigenvalue weighted by molar-refractivity contribution is 5.93. The number of amides is 1. The lowest BCUT2D eigenvalue weighted by Crippen LogP contribution is -2.26. The van der Waals surface area contributed by atoms with E-state index in [0.717, 1.165) is 23.4 Å². The van der Waals surface area contributed by atoms with Gasteiger partial charge in [0.25, 0.3) is 0 Å². The van der Waals surface area contributed by atoms with Crippen LogP contribution in [0.2, 0.25) is 0 Å². The van der Waals surface area contributed by atoms with E-state index >= 15 is 0 Å². The summed E-state index contributed by atoms with van der Waals surface area (Å²) in [7, 11) is 3.46. The number of anilines is 1. The Morgan fingerprint density at radius 1 is 1.42 bits per heavy atom. The number of rotatable bonds is 6. The molecule has 19 heavy (non-hydrogen) atoms. The molecule has 4 heteroatoms. The highest BCUT2D eigenvalue weighted by atomic mass is 16.5. The van der Waals surface area contributed by atoms with E-state index in [-0.39, 0.29) is 5.91 Å². The number of hydrogen-bond donors (Lipinski definition) is 1. The van der Waals surface area contributed by atoms with Crippen molar-refractivity contribution < 1.29 is 9.53 Å². The van der Waals surface area contributed by atoms with Gasteiger partial charge < -0.3 is 15.4 Å². The fourth-order valence-electron chi connectivity index (χ4n) is 1.95. The van der Waals surface area contributed by atoms with Crippen molar-refractivity contribution >= 4 is 11.6 Å². The van der Waals surface area contributed by atoms with Crippen LogP contribution in [-0.4, -0.2) is 26.6 Å². The monoisotopic (exact) mass is 264 g/mol. The van der Waals surface area contributed by atoms with Gasteiger partial charge in [0.1, 0.15) is 5.75 Å². The maximum Gasteiger partial charge on any atom is 0.226 e. The molecule has 0 atom stereocenters. The molecule has 1 rings (SSSR count). The van der Waals surface area contributed by atoms with E-state index in [2.05, 4.69) is 13.8 Å². The van der Waals surface area contributed by atoms with Gasteiger partial charge in [0.05, 0.1) is 7.11 Å². The molecule has 0 spiro atoms. The molecule has 0 saturated heterocycles. The van der Waals surface area contributed by atoms with E-state index in [1.807, 2.05) is 18.2 Å². The minimum Gasteiger partial charge on any atom is -0.496 e. The Hall–Kier alpha value is -1.55. The zero-order valence-electron chi connectivity index (χ0n) is 12.3. The van der Waals surface area contributed by atoms with Crippen LogP contribution in [0.4, 0.5) is 5.69 Å². The van der Waals surface area contributed by atoms with Gasteiger partial charge in [-0.3, -0.25) is 4.79 Å². The van der Waals surface area contributed by atoms with Crippen molar-refractivity contribution in [2.75, 3.05) is 25.6 Å². The summed E-state index contributed by atoms with van der Waals surface area (Å²) >= 11 is 0. The number of nitrogens with zero attached hydrogens (tertiary/aromatic N) is 1. The first kappa shape index (κ1) is 15.5. The molecule has 0 aliphatic rings. The van der Waals surface area contributed by atoms with E-state index in [0.29, 0.717) is 18.9 Å². The van der Waals surface area contributed by atoms with Gasteiger partial charge in [0.15, 0.2) is 0 Å². The number of carbonyl (C=O) groups excluding carboxylic acids is 1. The SMILES string of the molecule is COc1ccc(N(C)C(=O)CCCN)cc1C(C)C. The Kier molecular flexibility index (Phi) is 5.83. The molecule has 106 valence electrons. The highest BCUT2D eigenvalue weighted by Gasteiger charge is 2.14. The molecule has 0 aliphatic heterocycles. The number of hydrogen-bond acceptors (Lipinski definition) is 3. The van der Waals surface area contributed by atoms with Gasteiger partial charge in [-0.25, -0.2) is 0 Å². The van der Waals surface area contributed by atoms with Gasteiger partial charge in [-0.1, -0.05) is 13.8 Å². The van der Waals surface area contributed by atoms with Crippen LogP contribution in [0.3, 0.4) is 0 Å². The van der Waals surface area contributed by atoms with Crippen LogP contribution in [-0.2, 0) is 4.79 Å². The first-order valence-electron chi connectivity index (χ1n) is 6.65. The predicted molar refractivity (Wildman–Crippen MR) is 78.8 cm³/mol. The predicted octanol–water partition coefficient (Wildman–Crippen LogP) is 2.52. The first-order valence-corrected chi connectivity index (χ1v) is 6.65. The quantitative estimate of drug-likeness (QED) is 0.859. The second-order valence-electron chi connectivity index (χ2n) is 4.93. The number of nitrogens with two attached hydrogens (primary N) is 1. The van der Waals surface area contributed by atoms with Gasteiger partial charge in [0.2, 0.25) is 5.91 Å². The molecule has 1 amide bonds. The van der Waals surface area contributed by atoms with Crippen molar-refractivity contribution in [3.8, 4) is 5.75 Å². The fourth-order valence-corrected chi connectivity index (χ4v) is 1.95. The highest BCUT2D eigenvalue weighted by Crippen LogP contribution is 2.30. The summed E-state index contributed by atoms with van der Waals surface area (Å²) in [6.07, 6.45) is 1.20. The maximum absolute atomic E-state index is 12.0. The minimum atomic E-state index is 0.0883. The zero-order valence-corrected chi connectivity index (χ0v) is 12.3. The van der Waals surface area contributed by atoms with Crippen LogP contribution >= 0.6 is 0 Å². The van der Waals surface area contributed by atoms with Crippen molar-refractivity contribution in [1.82, 2.24) is 0 Å². The van der Waals surface area contributed by atoms with Crippen LogP contribution in [0.15, 0.2) is 18.2 Å². The largest absolute Gasteiger partial charge is 0.496 e. The Bertz CT molecular complexity index is 430. The lowest BCUT2D eigenvalue weighted by molar-refractivity contribution is -0.118. The average Bonchev–Trinajstić information content (AvgIpc) is 2.42. The number of carbonyl (C=O) groups is 1. The molecule has 0 bridgehead atoms. The van der Waals surface area contributed by atoms with Crippen LogP contribution in [0, 0.1) is 0 Å². The lowest BCUT2D eigenvalue weighted by atomic mass is 10.0. The molecule has 1 aromatic carbocycles. The third kappa shape index (κ3) is 3.96. The summed E-state index contributed by atoms with van der Waals surface area (Å²) in [4.78, 5) is 13.7. The van der Waals surface area contributed by atoms with Gasteiger partial charge in [-0.2, -0.15) is 0 Å². The van der Waals surface area contributed by atoms with Gasteiger partial charge in [0, 0.05) is 19.2 Å². The molecule has 0 saturated carbocycles. The smallest absolute Gasteiger partial charge is 0.226 e. The third-order valence-corrected chi connectivity index (χ3v) is 3.19. The topological polar surface area (TPSA) is 55.6 Å². The van der Waals surface area contributed by atoms with Crippen molar-refractivity contribution in [1.29, 1.82) is 0 Å². The summed E-state index contributed by atoms with van der Waals surface area (Å²) < 4.78 is 5.35.